The second-order valence-electron chi connectivity index (χ2n) is 4.90. The van der Waals surface area contributed by atoms with Crippen molar-refractivity contribution in [2.45, 2.75) is 32.7 Å². The van der Waals surface area contributed by atoms with Crippen molar-refractivity contribution in [2.75, 3.05) is 13.2 Å². The van der Waals surface area contributed by atoms with E-state index in [4.69, 9.17) is 4.74 Å². The SMILES string of the molecule is CCCOc1cccc(CNCC(C)c2nccs2)c1. The lowest BCUT2D eigenvalue weighted by molar-refractivity contribution is 0.317. The predicted octanol–water partition coefficient (Wildman–Crippen LogP) is 3.83. The lowest BCUT2D eigenvalue weighted by Gasteiger charge is -2.11. The summed E-state index contributed by atoms with van der Waals surface area (Å²) in [6.07, 6.45) is 2.90. The Morgan fingerprint density at radius 3 is 3.05 bits per heavy atom. The maximum absolute atomic E-state index is 5.65. The molecule has 0 aliphatic rings. The summed E-state index contributed by atoms with van der Waals surface area (Å²) in [6.45, 7) is 6.89. The minimum absolute atomic E-state index is 0.453. The maximum Gasteiger partial charge on any atom is 0.119 e. The van der Waals surface area contributed by atoms with E-state index in [2.05, 4.69) is 36.3 Å². The second-order valence-corrected chi connectivity index (χ2v) is 5.82. The Hall–Kier alpha value is -1.39. The van der Waals surface area contributed by atoms with Crippen LogP contribution >= 0.6 is 11.3 Å². The first-order valence-electron chi connectivity index (χ1n) is 7.11. The first-order valence-corrected chi connectivity index (χ1v) is 7.99. The molecule has 1 N–H and O–H groups in total. The maximum atomic E-state index is 5.65. The van der Waals surface area contributed by atoms with Gasteiger partial charge in [0.05, 0.1) is 11.6 Å². The highest BCUT2D eigenvalue weighted by Crippen LogP contribution is 2.17. The highest BCUT2D eigenvalue weighted by Gasteiger charge is 2.07. The molecule has 108 valence electrons. The number of aromatic nitrogens is 1. The van der Waals surface area contributed by atoms with Crippen LogP contribution in [0, 0.1) is 0 Å². The minimum Gasteiger partial charge on any atom is -0.494 e. The van der Waals surface area contributed by atoms with Gasteiger partial charge in [0.2, 0.25) is 0 Å². The molecule has 20 heavy (non-hydrogen) atoms. The monoisotopic (exact) mass is 290 g/mol. The average molecular weight is 290 g/mol. The van der Waals surface area contributed by atoms with Gasteiger partial charge < -0.3 is 10.1 Å². The van der Waals surface area contributed by atoms with Gasteiger partial charge in [-0.05, 0) is 24.1 Å². The van der Waals surface area contributed by atoms with E-state index in [1.807, 2.05) is 23.7 Å². The zero-order valence-corrected chi connectivity index (χ0v) is 13.0. The zero-order valence-electron chi connectivity index (χ0n) is 12.1. The summed E-state index contributed by atoms with van der Waals surface area (Å²) in [6, 6.07) is 8.29. The van der Waals surface area contributed by atoms with E-state index in [0.717, 1.165) is 31.9 Å². The standard InChI is InChI=1S/C16H22N2OS/c1-3-8-19-15-6-4-5-14(10-15)12-17-11-13(2)16-18-7-9-20-16/h4-7,9-10,13,17H,3,8,11-12H2,1-2H3. The van der Waals surface area contributed by atoms with Crippen LogP contribution < -0.4 is 10.1 Å². The normalized spacial score (nSPS) is 12.3. The zero-order chi connectivity index (χ0) is 14.2. The van der Waals surface area contributed by atoms with Crippen molar-refractivity contribution in [1.29, 1.82) is 0 Å². The number of nitrogens with one attached hydrogen (secondary N) is 1. The van der Waals surface area contributed by atoms with Crippen LogP contribution in [0.2, 0.25) is 0 Å². The average Bonchev–Trinajstić information content (AvgIpc) is 3.00. The van der Waals surface area contributed by atoms with Crippen molar-refractivity contribution < 1.29 is 4.74 Å². The Morgan fingerprint density at radius 2 is 2.30 bits per heavy atom. The fraction of sp³-hybridized carbons (Fsp3) is 0.438. The molecule has 1 aromatic carbocycles. The fourth-order valence-corrected chi connectivity index (χ4v) is 2.66. The summed E-state index contributed by atoms with van der Waals surface area (Å²) in [5.74, 6) is 1.41. The summed E-state index contributed by atoms with van der Waals surface area (Å²) in [4.78, 5) is 4.35. The van der Waals surface area contributed by atoms with Crippen LogP contribution in [-0.2, 0) is 6.54 Å². The van der Waals surface area contributed by atoms with Gasteiger partial charge in [-0.25, -0.2) is 4.98 Å². The van der Waals surface area contributed by atoms with E-state index in [-0.39, 0.29) is 0 Å². The van der Waals surface area contributed by atoms with Gasteiger partial charge in [-0.3, -0.25) is 0 Å². The summed E-state index contributed by atoms with van der Waals surface area (Å²) < 4.78 is 5.65. The van der Waals surface area contributed by atoms with Gasteiger partial charge in [-0.2, -0.15) is 0 Å². The van der Waals surface area contributed by atoms with E-state index in [1.54, 1.807) is 11.3 Å². The lowest BCUT2D eigenvalue weighted by Crippen LogP contribution is -2.19. The van der Waals surface area contributed by atoms with Crippen LogP contribution in [0.25, 0.3) is 0 Å². The van der Waals surface area contributed by atoms with Crippen molar-refractivity contribution in [2.24, 2.45) is 0 Å². The molecule has 0 saturated heterocycles. The summed E-state index contributed by atoms with van der Waals surface area (Å²) >= 11 is 1.72. The van der Waals surface area contributed by atoms with E-state index in [1.165, 1.54) is 10.6 Å². The number of hydrogen-bond acceptors (Lipinski definition) is 4. The van der Waals surface area contributed by atoms with E-state index < -0.39 is 0 Å². The predicted molar refractivity (Wildman–Crippen MR) is 84.5 cm³/mol. The molecule has 0 radical (unpaired) electrons. The molecule has 1 heterocycles. The summed E-state index contributed by atoms with van der Waals surface area (Å²) in [5, 5.41) is 6.70. The molecular formula is C16H22N2OS. The Balaban J connectivity index is 1.79. The van der Waals surface area contributed by atoms with Crippen LogP contribution in [0.3, 0.4) is 0 Å². The summed E-state index contributed by atoms with van der Waals surface area (Å²) in [7, 11) is 0. The third kappa shape index (κ3) is 4.62. The molecular weight excluding hydrogens is 268 g/mol. The molecule has 3 nitrogen and oxygen atoms in total. The smallest absolute Gasteiger partial charge is 0.119 e. The molecule has 1 atom stereocenters. The number of hydrogen-bond donors (Lipinski definition) is 1. The van der Waals surface area contributed by atoms with Crippen molar-refractivity contribution in [1.82, 2.24) is 10.3 Å². The van der Waals surface area contributed by atoms with Gasteiger partial charge >= 0.3 is 0 Å². The van der Waals surface area contributed by atoms with Crippen LogP contribution in [0.5, 0.6) is 5.75 Å². The molecule has 1 aromatic heterocycles. The van der Waals surface area contributed by atoms with Crippen LogP contribution in [-0.4, -0.2) is 18.1 Å². The summed E-state index contributed by atoms with van der Waals surface area (Å²) in [5.41, 5.74) is 1.25. The quantitative estimate of drug-likeness (QED) is 0.802. The van der Waals surface area contributed by atoms with Crippen molar-refractivity contribution in [3.05, 3.63) is 46.4 Å². The third-order valence-electron chi connectivity index (χ3n) is 3.02. The topological polar surface area (TPSA) is 34.1 Å². The molecule has 0 saturated carbocycles. The minimum atomic E-state index is 0.453. The van der Waals surface area contributed by atoms with Crippen molar-refractivity contribution in [3.8, 4) is 5.75 Å². The molecule has 1 unspecified atom stereocenters. The van der Waals surface area contributed by atoms with Gasteiger partial charge in [-0.15, -0.1) is 11.3 Å². The Labute approximate surface area is 125 Å². The van der Waals surface area contributed by atoms with Gasteiger partial charge in [0, 0.05) is 30.6 Å². The van der Waals surface area contributed by atoms with E-state index in [0.29, 0.717) is 5.92 Å². The van der Waals surface area contributed by atoms with Crippen LogP contribution in [0.4, 0.5) is 0 Å². The first-order chi connectivity index (χ1) is 9.79. The number of nitrogens with zero attached hydrogens (tertiary/aromatic N) is 1. The molecule has 0 bridgehead atoms. The van der Waals surface area contributed by atoms with Gasteiger partial charge in [-0.1, -0.05) is 26.0 Å². The number of rotatable bonds is 8. The second kappa shape index (κ2) is 8.02. The van der Waals surface area contributed by atoms with Crippen molar-refractivity contribution >= 4 is 11.3 Å². The van der Waals surface area contributed by atoms with Crippen LogP contribution in [0.1, 0.15) is 36.8 Å². The Bertz CT molecular complexity index is 499. The number of thiazole rings is 1. The molecule has 0 spiro atoms. The lowest BCUT2D eigenvalue weighted by atomic mass is 10.1. The Morgan fingerprint density at radius 1 is 1.40 bits per heavy atom. The van der Waals surface area contributed by atoms with Crippen molar-refractivity contribution in [3.63, 3.8) is 0 Å². The van der Waals surface area contributed by atoms with E-state index >= 15 is 0 Å². The highest BCUT2D eigenvalue weighted by atomic mass is 32.1. The largest absolute Gasteiger partial charge is 0.494 e. The van der Waals surface area contributed by atoms with Gasteiger partial charge in [0.15, 0.2) is 0 Å². The molecule has 0 aliphatic heterocycles. The van der Waals surface area contributed by atoms with Gasteiger partial charge in [0.25, 0.3) is 0 Å². The molecule has 0 fully saturated rings. The highest BCUT2D eigenvalue weighted by molar-refractivity contribution is 7.09. The third-order valence-corrected chi connectivity index (χ3v) is 4.03. The molecule has 0 aliphatic carbocycles. The number of ether oxygens (including phenoxy) is 1. The molecule has 2 rings (SSSR count). The fourth-order valence-electron chi connectivity index (χ4n) is 1.96. The van der Waals surface area contributed by atoms with Gasteiger partial charge in [0.1, 0.15) is 5.75 Å². The van der Waals surface area contributed by atoms with Crippen LogP contribution in [0.15, 0.2) is 35.8 Å². The van der Waals surface area contributed by atoms with E-state index in [9.17, 15) is 0 Å². The Kier molecular flexibility index (Phi) is 6.02. The number of benzene rings is 1. The molecule has 4 heteroatoms. The molecule has 0 amide bonds. The molecule has 2 aromatic rings. The first kappa shape index (κ1) is 15.0.